The summed E-state index contributed by atoms with van der Waals surface area (Å²) in [6.07, 6.45) is 0. The lowest BCUT2D eigenvalue weighted by Crippen LogP contribution is -2.76. The Morgan fingerprint density at radius 1 is 0.232 bits per heavy atom. The van der Waals surface area contributed by atoms with Gasteiger partial charge in [-0.1, -0.05) is 0 Å². The molecule has 6 fully saturated rings. The van der Waals surface area contributed by atoms with E-state index in [2.05, 4.69) is 407 Å². The van der Waals surface area contributed by atoms with E-state index in [4.69, 9.17) is 53.1 Å². The van der Waals surface area contributed by atoms with Crippen LogP contribution in [0.25, 0.3) is 0 Å². The minimum absolute atomic E-state index is 0.449. The third-order valence-electron chi connectivity index (χ3n) is 7.65. The molecule has 4 bridgehead atoms. The summed E-state index contributed by atoms with van der Waals surface area (Å²) in [6, 6.07) is 0. The molecule has 0 radical (unpaired) electrons. The van der Waals surface area contributed by atoms with Crippen molar-refractivity contribution in [3.05, 3.63) is 0 Å². The van der Waals surface area contributed by atoms with Crippen molar-refractivity contribution in [2.24, 2.45) is 0 Å². The van der Waals surface area contributed by atoms with E-state index in [1.807, 2.05) is 67.7 Å². The van der Waals surface area contributed by atoms with Crippen LogP contribution in [-0.4, -0.2) is 66.6 Å². The molecule has 6 saturated heterocycles. The Balaban J connectivity index is 0.000000300. The van der Waals surface area contributed by atoms with Crippen LogP contribution in [-0.2, 0) is 53.1 Å². The molecule has 0 saturated carbocycles. The van der Waals surface area contributed by atoms with Crippen molar-refractivity contribution >= 4 is 442 Å². The average Bonchev–Trinajstić information content (AvgIpc) is 2.80. The highest BCUT2D eigenvalue weighted by atomic mass is 127. The van der Waals surface area contributed by atoms with Crippen LogP contribution in [0.3, 0.4) is 0 Å². The highest BCUT2D eigenvalue weighted by molar-refractivity contribution is 14.3. The molecule has 0 aliphatic carbocycles. The summed E-state index contributed by atoms with van der Waals surface area (Å²) >= 11 is 41.5. The van der Waals surface area contributed by atoms with Gasteiger partial charge in [0.15, 0.2) is 31.3 Å². The van der Waals surface area contributed by atoms with E-state index in [9.17, 15) is 0 Å². The summed E-state index contributed by atoms with van der Waals surface area (Å²) in [5.74, 6) is -6.20. The van der Waals surface area contributed by atoms with Gasteiger partial charge in [-0.25, -0.2) is 0 Å². The van der Waals surface area contributed by atoms with Gasteiger partial charge in [0.05, 0.1) is 0 Å². The Bertz CT molecular complexity index is 1160. The van der Waals surface area contributed by atoms with Crippen LogP contribution in [0.15, 0.2) is 0 Å². The minimum Gasteiger partial charge on any atom is -0.342 e. The smallest absolute Gasteiger partial charge is 0.342 e. The number of fused-ring (bicyclic) bond motifs is 12. The van der Waals surface area contributed by atoms with Crippen LogP contribution < -0.4 is 0 Å². The number of hydrogen-bond donors (Lipinski definition) is 0. The molecule has 6 rings (SSSR count). The molecule has 332 valence electrons. The number of halogens is 18. The van der Waals surface area contributed by atoms with Gasteiger partial charge in [0, 0.05) is 26.2 Å². The van der Waals surface area contributed by atoms with Crippen LogP contribution in [0, 0.1) is 0 Å². The predicted octanol–water partition coefficient (Wildman–Crippen LogP) is 16.6. The molecule has 0 unspecified atom stereocenters. The summed E-state index contributed by atoms with van der Waals surface area (Å²) in [4.78, 5) is 0. The van der Waals surface area contributed by atoms with Crippen molar-refractivity contribution in [2.45, 2.75) is 99.1 Å². The lowest BCUT2D eigenvalue weighted by Gasteiger charge is -2.59. The SMILES string of the molecule is CC1(C(I)(I)I)O[Si]2(C)OC(C)(C(I)(I)I)O[Si](C)(O1)OC(C)(C(I)(I)I)O2.CC1(C(I)(I)I)O[Si]2(C)OC(C)(C(I)(I)I)O[Si](C)(O1)OC(C)(C(I)(I)I)O2. The fraction of sp³-hybridized carbons (Fsp3) is 1.00. The largest absolute Gasteiger partial charge is 0.504 e. The molecule has 0 N–H and O–H groups in total. The average molecular weight is 2880 g/mol. The summed E-state index contributed by atoms with van der Waals surface area (Å²) in [7, 11) is -13.4. The Kier molecular flexibility index (Phi) is 24.1. The quantitative estimate of drug-likeness (QED) is 0.143. The van der Waals surface area contributed by atoms with Gasteiger partial charge < -0.3 is 53.1 Å². The Morgan fingerprint density at radius 2 is 0.304 bits per heavy atom. The molecule has 0 atom stereocenters. The fourth-order valence-corrected chi connectivity index (χ4v) is 28.6. The van der Waals surface area contributed by atoms with E-state index >= 15 is 0 Å². The summed E-state index contributed by atoms with van der Waals surface area (Å²) < 4.78 is 77.1. The predicted molar refractivity (Wildman–Crippen MR) is 379 cm³/mol. The Hall–Kier alpha value is 13.5. The van der Waals surface area contributed by atoms with Crippen molar-refractivity contribution in [3.8, 4) is 0 Å². The summed E-state index contributed by atoms with van der Waals surface area (Å²) in [5.41, 5.74) is 0. The van der Waals surface area contributed by atoms with Gasteiger partial charge in [0.25, 0.3) is 0 Å². The second-order valence-electron chi connectivity index (χ2n) is 13.3. The number of hydrogen-bond acceptors (Lipinski definition) is 12. The summed E-state index contributed by atoms with van der Waals surface area (Å²) in [6.45, 7) is 18.9. The number of rotatable bonds is 6. The zero-order valence-corrected chi connectivity index (χ0v) is 72.5. The maximum Gasteiger partial charge on any atom is 0.504 e. The van der Waals surface area contributed by atoms with Gasteiger partial charge in [0.1, 0.15) is 0 Å². The molecule has 0 amide bonds. The van der Waals surface area contributed by atoms with Gasteiger partial charge in [-0.15, -0.1) is 0 Å². The third-order valence-corrected chi connectivity index (χ3v) is 34.4. The Labute approximate surface area is 578 Å². The van der Waals surface area contributed by atoms with Crippen molar-refractivity contribution < 1.29 is 53.1 Å². The normalized spacial score (nSPS) is 46.1. The fourth-order valence-electron chi connectivity index (χ4n) is 5.31. The molecule has 6 aliphatic rings. The monoisotopic (exact) mass is 2880 g/mol. The van der Waals surface area contributed by atoms with Gasteiger partial charge >= 0.3 is 35.2 Å². The molecule has 0 aromatic carbocycles. The standard InChI is InChI=1S/2C11H15I9O6Si2/c2*1-6(9(12,13)14)21-27(4)23-7(2,10(15,16)17)24-28(5,22-6)26-8(3,25-27)11(18,19)20/h2*1-5H3. The first kappa shape index (κ1) is 63.8. The maximum absolute atomic E-state index is 6.65. The first-order chi connectivity index (χ1) is 24.0. The topological polar surface area (TPSA) is 111 Å². The van der Waals surface area contributed by atoms with Gasteiger partial charge in [0.2, 0.25) is 0 Å². The first-order valence-electron chi connectivity index (χ1n) is 14.8. The van der Waals surface area contributed by atoms with Gasteiger partial charge in [-0.05, 0) is 448 Å². The molecule has 12 nitrogen and oxygen atoms in total. The first-order valence-corrected chi connectivity index (χ1v) is 43.1. The summed E-state index contributed by atoms with van der Waals surface area (Å²) in [5, 5.41) is 0. The lowest BCUT2D eigenvalue weighted by atomic mass is 10.4. The molecule has 56 heavy (non-hydrogen) atoms. The third kappa shape index (κ3) is 15.4. The zero-order valence-electron chi connectivity index (χ0n) is 29.7. The van der Waals surface area contributed by atoms with Crippen molar-refractivity contribution in [2.75, 3.05) is 0 Å². The lowest BCUT2D eigenvalue weighted by molar-refractivity contribution is -0.300. The van der Waals surface area contributed by atoms with E-state index < -0.39 is 66.6 Å². The molecular weight excluding hydrogens is 2850 g/mol. The maximum atomic E-state index is 6.65. The van der Waals surface area contributed by atoms with Crippen LogP contribution >= 0.6 is 407 Å². The highest BCUT2D eigenvalue weighted by Crippen LogP contribution is 2.62. The molecular formula is C22H30I18O12Si4. The van der Waals surface area contributed by atoms with Crippen LogP contribution in [0.5, 0.6) is 0 Å². The molecule has 6 heterocycles. The van der Waals surface area contributed by atoms with E-state index in [1.165, 1.54) is 0 Å². The van der Waals surface area contributed by atoms with Gasteiger partial charge in [-0.3, -0.25) is 0 Å². The second kappa shape index (κ2) is 21.2. The van der Waals surface area contributed by atoms with Crippen LogP contribution in [0.2, 0.25) is 26.2 Å². The van der Waals surface area contributed by atoms with Crippen LogP contribution in [0.4, 0.5) is 0 Å². The second-order valence-corrected chi connectivity index (χ2v) is 89.0. The van der Waals surface area contributed by atoms with E-state index in [0.717, 1.165) is 0 Å². The van der Waals surface area contributed by atoms with Crippen molar-refractivity contribution in [1.29, 1.82) is 0 Å². The van der Waals surface area contributed by atoms with E-state index in [1.54, 1.807) is 0 Å². The molecule has 0 aromatic heterocycles. The van der Waals surface area contributed by atoms with Gasteiger partial charge in [-0.2, -0.15) is 0 Å². The zero-order chi connectivity index (χ0) is 44.5. The molecule has 0 aromatic rings. The minimum atomic E-state index is -3.35. The molecule has 34 heteroatoms. The molecule has 6 aliphatic heterocycles. The van der Waals surface area contributed by atoms with Crippen molar-refractivity contribution in [1.82, 2.24) is 0 Å². The van der Waals surface area contributed by atoms with Crippen molar-refractivity contribution in [3.63, 3.8) is 0 Å². The van der Waals surface area contributed by atoms with Crippen LogP contribution in [0.1, 0.15) is 41.5 Å². The highest BCUT2D eigenvalue weighted by Gasteiger charge is 2.74. The Morgan fingerprint density at radius 3 is 0.357 bits per heavy atom. The van der Waals surface area contributed by atoms with E-state index in [-0.39, 0.29) is 0 Å². The molecule has 0 spiro atoms. The number of alkyl halides is 18. The van der Waals surface area contributed by atoms with E-state index in [0.29, 0.717) is 0 Å².